The lowest BCUT2D eigenvalue weighted by Gasteiger charge is -2.29. The maximum Gasteiger partial charge on any atom is 0.459 e. The van der Waals surface area contributed by atoms with E-state index in [-0.39, 0.29) is 17.7 Å². The van der Waals surface area contributed by atoms with Crippen LogP contribution in [0.1, 0.15) is 33.9 Å². The summed E-state index contributed by atoms with van der Waals surface area (Å²) >= 11 is 0. The second kappa shape index (κ2) is 12.2. The van der Waals surface area contributed by atoms with Crippen LogP contribution in [0.4, 0.5) is 5.82 Å². The van der Waals surface area contributed by atoms with Crippen LogP contribution in [0.3, 0.4) is 0 Å². The highest BCUT2D eigenvalue weighted by Gasteiger charge is 2.50. The van der Waals surface area contributed by atoms with Gasteiger partial charge in [0.2, 0.25) is 0 Å². The van der Waals surface area contributed by atoms with Crippen LogP contribution in [-0.2, 0) is 28.1 Å². The van der Waals surface area contributed by atoms with E-state index < -0.39 is 56.1 Å². The van der Waals surface area contributed by atoms with Gasteiger partial charge < -0.3 is 29.6 Å². The predicted octanol–water partition coefficient (Wildman–Crippen LogP) is 1.62. The number of nitrogen functional groups attached to an aromatic ring is 1. The molecule has 1 fully saturated rings. The monoisotopic (exact) mass is 540 g/mol. The van der Waals surface area contributed by atoms with E-state index in [0.29, 0.717) is 0 Å². The van der Waals surface area contributed by atoms with Gasteiger partial charge in [0.1, 0.15) is 35.9 Å². The molecule has 0 spiro atoms. The zero-order valence-corrected chi connectivity index (χ0v) is 22.1. The average Bonchev–Trinajstić information content (AvgIpc) is 3.15. The molecule has 4 N–H and O–H groups in total. The van der Waals surface area contributed by atoms with Gasteiger partial charge in [-0.05, 0) is 45.9 Å². The predicted molar refractivity (Wildman–Crippen MR) is 133 cm³/mol. The molecule has 1 saturated heterocycles. The van der Waals surface area contributed by atoms with Crippen LogP contribution >= 0.6 is 7.75 Å². The number of nitrogens with two attached hydrogens (primary N) is 1. The number of hydrogen-bond acceptors (Lipinski definition) is 11. The molecule has 14 heteroatoms. The molecular formula is C23H33N4O9P. The molecule has 0 radical (unpaired) electrons. The molecule has 0 amide bonds. The third-order valence-electron chi connectivity index (χ3n) is 5.44. The summed E-state index contributed by atoms with van der Waals surface area (Å²) in [6.45, 7) is 6.34. The van der Waals surface area contributed by atoms with Gasteiger partial charge in [-0.1, -0.05) is 18.2 Å². The van der Waals surface area contributed by atoms with Gasteiger partial charge in [-0.15, -0.1) is 0 Å². The standard InChI is InChI=1S/C23H33N4O9P/c1-13(2)33-22(29)14(3)26-37(31,36-16-9-7-6-8-10-16)35-15(4)19-18(28)20(32-5)21(34-19)27-12-11-17(24)25-23(27)30/h6-15,18-21,28H,1-5H3,(H,26,31)(H2,24,25,30)/t14?,15?,18-,19+,20?,21+,37?/m0/s1. The fourth-order valence-corrected chi connectivity index (χ4v) is 5.46. The van der Waals surface area contributed by atoms with Crippen molar-refractivity contribution in [2.24, 2.45) is 0 Å². The summed E-state index contributed by atoms with van der Waals surface area (Å²) in [6.07, 6.45) is -4.53. The zero-order chi connectivity index (χ0) is 27.3. The molecule has 4 unspecified atom stereocenters. The van der Waals surface area contributed by atoms with E-state index in [9.17, 15) is 19.3 Å². The van der Waals surface area contributed by atoms with Crippen LogP contribution in [0.25, 0.3) is 0 Å². The lowest BCUT2D eigenvalue weighted by atomic mass is 10.1. The van der Waals surface area contributed by atoms with Gasteiger partial charge in [0.05, 0.1) is 12.2 Å². The fraction of sp³-hybridized carbons (Fsp3) is 0.522. The van der Waals surface area contributed by atoms with Crippen molar-refractivity contribution in [2.45, 2.75) is 70.5 Å². The van der Waals surface area contributed by atoms with Crippen LogP contribution < -0.4 is 21.0 Å². The van der Waals surface area contributed by atoms with E-state index in [2.05, 4.69) is 10.1 Å². The van der Waals surface area contributed by atoms with Crippen LogP contribution in [0.2, 0.25) is 0 Å². The summed E-state index contributed by atoms with van der Waals surface area (Å²) in [5.74, 6) is -0.415. The lowest BCUT2D eigenvalue weighted by molar-refractivity contribution is -0.149. The summed E-state index contributed by atoms with van der Waals surface area (Å²) < 4.78 is 42.9. The number of carbonyl (C=O) groups excluding carboxylic acids is 1. The molecule has 1 aromatic heterocycles. The number of hydrogen-bond donors (Lipinski definition) is 3. The number of carbonyl (C=O) groups is 1. The topological polar surface area (TPSA) is 173 Å². The number of anilines is 1. The first kappa shape index (κ1) is 28.8. The molecule has 1 aliphatic heterocycles. The molecule has 1 aromatic carbocycles. The van der Waals surface area contributed by atoms with Gasteiger partial charge in [0, 0.05) is 13.3 Å². The molecule has 7 atom stereocenters. The third-order valence-corrected chi connectivity index (χ3v) is 7.21. The molecule has 204 valence electrons. The lowest BCUT2D eigenvalue weighted by Crippen LogP contribution is -2.41. The summed E-state index contributed by atoms with van der Waals surface area (Å²) in [5.41, 5.74) is 4.86. The molecular weight excluding hydrogens is 507 g/mol. The van der Waals surface area contributed by atoms with E-state index in [1.54, 1.807) is 44.2 Å². The van der Waals surface area contributed by atoms with Gasteiger partial charge in [-0.25, -0.2) is 9.36 Å². The minimum atomic E-state index is -4.25. The highest BCUT2D eigenvalue weighted by atomic mass is 31.2. The fourth-order valence-electron chi connectivity index (χ4n) is 3.76. The number of aliphatic hydroxyl groups excluding tert-OH is 1. The summed E-state index contributed by atoms with van der Waals surface area (Å²) in [7, 11) is -2.90. The first-order valence-electron chi connectivity index (χ1n) is 11.7. The van der Waals surface area contributed by atoms with Gasteiger partial charge in [0.15, 0.2) is 6.23 Å². The van der Waals surface area contributed by atoms with Crippen molar-refractivity contribution in [1.82, 2.24) is 14.6 Å². The van der Waals surface area contributed by atoms with E-state index in [0.717, 1.165) is 4.57 Å². The minimum absolute atomic E-state index is 0.0252. The van der Waals surface area contributed by atoms with Crippen LogP contribution in [0.5, 0.6) is 5.75 Å². The number of esters is 1. The van der Waals surface area contributed by atoms with Gasteiger partial charge in [-0.2, -0.15) is 10.1 Å². The number of nitrogens with zero attached hydrogens (tertiary/aromatic N) is 2. The Morgan fingerprint density at radius 3 is 2.49 bits per heavy atom. The molecule has 0 aliphatic carbocycles. The molecule has 13 nitrogen and oxygen atoms in total. The molecule has 2 heterocycles. The van der Waals surface area contributed by atoms with Crippen molar-refractivity contribution in [3.05, 3.63) is 53.1 Å². The molecule has 0 bridgehead atoms. The number of aliphatic hydroxyl groups is 1. The normalized spacial score (nSPS) is 24.8. The Bertz CT molecular complexity index is 1160. The Kier molecular flexibility index (Phi) is 9.46. The first-order valence-corrected chi connectivity index (χ1v) is 13.2. The quantitative estimate of drug-likeness (QED) is 0.278. The van der Waals surface area contributed by atoms with Gasteiger partial charge in [-0.3, -0.25) is 13.9 Å². The number of ether oxygens (including phenoxy) is 3. The second-order valence-corrected chi connectivity index (χ2v) is 10.4. The van der Waals surface area contributed by atoms with Crippen molar-refractivity contribution in [2.75, 3.05) is 12.8 Å². The van der Waals surface area contributed by atoms with Crippen LogP contribution in [0.15, 0.2) is 47.4 Å². The summed E-state index contributed by atoms with van der Waals surface area (Å²) in [4.78, 5) is 28.4. The maximum atomic E-state index is 13.8. The van der Waals surface area contributed by atoms with Crippen molar-refractivity contribution in [3.63, 3.8) is 0 Å². The molecule has 37 heavy (non-hydrogen) atoms. The zero-order valence-electron chi connectivity index (χ0n) is 21.2. The maximum absolute atomic E-state index is 13.8. The molecule has 1 aliphatic rings. The van der Waals surface area contributed by atoms with Crippen molar-refractivity contribution in [1.29, 1.82) is 0 Å². The van der Waals surface area contributed by atoms with Crippen molar-refractivity contribution in [3.8, 4) is 5.75 Å². The highest BCUT2D eigenvalue weighted by molar-refractivity contribution is 7.52. The first-order chi connectivity index (χ1) is 17.4. The minimum Gasteiger partial charge on any atom is -0.462 e. The van der Waals surface area contributed by atoms with E-state index in [1.165, 1.54) is 33.2 Å². The second-order valence-electron chi connectivity index (χ2n) is 8.77. The number of methoxy groups -OCH3 is 1. The number of aromatic nitrogens is 2. The van der Waals surface area contributed by atoms with Gasteiger partial charge in [0.25, 0.3) is 0 Å². The Balaban J connectivity index is 1.84. The average molecular weight is 541 g/mol. The smallest absolute Gasteiger partial charge is 0.459 e. The SMILES string of the molecule is COC1[C@@H](O)[C@@H](C(C)OP(=O)(NC(C)C(=O)OC(C)C)Oc2ccccc2)O[C@H]1n1ccc(N)nc1=O. The third kappa shape index (κ3) is 7.16. The summed E-state index contributed by atoms with van der Waals surface area (Å²) in [5, 5.41) is 13.5. The van der Waals surface area contributed by atoms with E-state index in [4.69, 9.17) is 29.0 Å². The number of rotatable bonds is 11. The van der Waals surface area contributed by atoms with E-state index in [1.807, 2.05) is 0 Å². The van der Waals surface area contributed by atoms with E-state index >= 15 is 0 Å². The van der Waals surface area contributed by atoms with Crippen molar-refractivity contribution < 1.29 is 37.7 Å². The Morgan fingerprint density at radius 1 is 1.22 bits per heavy atom. The van der Waals surface area contributed by atoms with Gasteiger partial charge >= 0.3 is 19.4 Å². The van der Waals surface area contributed by atoms with Crippen LogP contribution in [-0.4, -0.2) is 64.3 Å². The molecule has 2 aromatic rings. The Hall–Kier alpha value is -2.80. The van der Waals surface area contributed by atoms with Crippen LogP contribution in [0, 0.1) is 0 Å². The number of benzene rings is 1. The largest absolute Gasteiger partial charge is 0.462 e. The van der Waals surface area contributed by atoms with Crippen molar-refractivity contribution >= 4 is 19.5 Å². The summed E-state index contributed by atoms with van der Waals surface area (Å²) in [6, 6.07) is 8.58. The Labute approximate surface area is 214 Å². The Morgan fingerprint density at radius 2 is 1.89 bits per heavy atom. The molecule has 0 saturated carbocycles. The number of para-hydroxylation sites is 1. The number of nitrogens with one attached hydrogen (secondary N) is 1. The highest BCUT2D eigenvalue weighted by Crippen LogP contribution is 2.48. The molecule has 3 rings (SSSR count).